The van der Waals surface area contributed by atoms with E-state index in [1.54, 1.807) is 24.3 Å². The number of carbonyl (C=O) groups excluding carboxylic acids is 2. The largest absolute Gasteiger partial charge is 0.492 e. The summed E-state index contributed by atoms with van der Waals surface area (Å²) in [5.74, 6) is -3.38. The van der Waals surface area contributed by atoms with E-state index in [4.69, 9.17) is 0 Å². The first-order valence-electron chi connectivity index (χ1n) is 12.9. The minimum atomic E-state index is -5.19. The van der Waals surface area contributed by atoms with Crippen LogP contribution in [0.2, 0.25) is 0 Å². The zero-order valence-corrected chi connectivity index (χ0v) is 22.2. The summed E-state index contributed by atoms with van der Waals surface area (Å²) in [4.78, 5) is 29.0. The molecule has 1 aliphatic carbocycles. The molecule has 2 aromatic rings. The molecule has 9 nitrogen and oxygen atoms in total. The Labute approximate surface area is 229 Å². The average Bonchev–Trinajstić information content (AvgIpc) is 3.61. The molecule has 212 valence electrons. The number of hydrogen-bond donors (Lipinski definition) is 1. The molecule has 2 heterocycles. The molecule has 5 rings (SSSR count). The fourth-order valence-electron chi connectivity index (χ4n) is 5.10. The Bertz CT molecular complexity index is 1440. The average molecular weight is 577 g/mol. The van der Waals surface area contributed by atoms with Gasteiger partial charge in [-0.25, -0.2) is 13.2 Å². The molecule has 3 fully saturated rings. The Morgan fingerprint density at radius 1 is 0.975 bits per heavy atom. The van der Waals surface area contributed by atoms with Crippen molar-refractivity contribution in [2.24, 2.45) is 0 Å². The minimum Gasteiger partial charge on any atom is -0.360 e. The first-order valence-corrected chi connectivity index (χ1v) is 14.4. The van der Waals surface area contributed by atoms with E-state index < -0.39 is 39.7 Å². The molecule has 0 aromatic heterocycles. The highest BCUT2D eigenvalue weighted by Crippen LogP contribution is 2.51. The lowest BCUT2D eigenvalue weighted by molar-refractivity contribution is -0.248. The van der Waals surface area contributed by atoms with Gasteiger partial charge in [0.25, 0.3) is 0 Å². The van der Waals surface area contributed by atoms with Crippen molar-refractivity contribution in [1.29, 1.82) is 5.26 Å². The van der Waals surface area contributed by atoms with Gasteiger partial charge in [0, 0.05) is 25.6 Å². The number of nitrogens with zero attached hydrogens (tertiary/aromatic N) is 3. The van der Waals surface area contributed by atoms with Crippen molar-refractivity contribution < 1.29 is 36.0 Å². The zero-order chi connectivity index (χ0) is 28.7. The molecule has 2 aromatic carbocycles. The molecule has 3 atom stereocenters. The van der Waals surface area contributed by atoms with Gasteiger partial charge in [0.1, 0.15) is 11.6 Å². The molecular formula is C27H27F3N4O5S. The molecule has 0 unspecified atom stereocenters. The van der Waals surface area contributed by atoms with Crippen molar-refractivity contribution in [3.05, 3.63) is 54.1 Å². The molecule has 2 saturated heterocycles. The molecular weight excluding hydrogens is 549 g/mol. The van der Waals surface area contributed by atoms with Gasteiger partial charge < -0.3 is 10.2 Å². The van der Waals surface area contributed by atoms with Gasteiger partial charge >= 0.3 is 12.1 Å². The van der Waals surface area contributed by atoms with Gasteiger partial charge in [-0.2, -0.15) is 22.7 Å². The maximum Gasteiger partial charge on any atom is 0.492 e. The lowest BCUT2D eigenvalue weighted by atomic mass is 10.00. The Morgan fingerprint density at radius 2 is 1.60 bits per heavy atom. The van der Waals surface area contributed by atoms with Crippen molar-refractivity contribution in [2.45, 2.75) is 60.7 Å². The second kappa shape index (κ2) is 10.5. The number of amides is 1. The van der Waals surface area contributed by atoms with Gasteiger partial charge in [-0.1, -0.05) is 36.4 Å². The van der Waals surface area contributed by atoms with E-state index in [-0.39, 0.29) is 23.8 Å². The molecule has 1 saturated carbocycles. The van der Waals surface area contributed by atoms with Crippen LogP contribution >= 0.6 is 0 Å². The zero-order valence-electron chi connectivity index (χ0n) is 21.4. The number of rotatable bonds is 7. The molecule has 3 aliphatic rings. The van der Waals surface area contributed by atoms with Gasteiger partial charge in [-0.3, -0.25) is 4.79 Å². The second-order valence-electron chi connectivity index (χ2n) is 10.3. The Kier molecular flexibility index (Phi) is 7.37. The van der Waals surface area contributed by atoms with Crippen LogP contribution in [0.25, 0.3) is 11.1 Å². The van der Waals surface area contributed by atoms with Crippen LogP contribution in [0.5, 0.6) is 0 Å². The highest BCUT2D eigenvalue weighted by Gasteiger charge is 2.58. The van der Waals surface area contributed by atoms with Crippen LogP contribution in [0.4, 0.5) is 13.2 Å². The Balaban J connectivity index is 1.24. The number of carbonyl (C=O) groups is 2. The molecule has 0 bridgehead atoms. The van der Waals surface area contributed by atoms with E-state index in [2.05, 4.69) is 16.2 Å². The molecule has 13 heteroatoms. The van der Waals surface area contributed by atoms with E-state index in [1.165, 1.54) is 4.31 Å². The summed E-state index contributed by atoms with van der Waals surface area (Å²) in [6.07, 6.45) is -2.79. The molecule has 2 aliphatic heterocycles. The van der Waals surface area contributed by atoms with Crippen LogP contribution in [-0.4, -0.2) is 67.1 Å². The minimum absolute atomic E-state index is 0.0183. The standard InChI is InChI=1S/C27H27F3N4O5S/c28-27(29,30)25(36)39-34-15-2-1-4-23(34)24(35)32-26(17-31)16-22(26)20-7-5-18(6-8-20)19-9-11-21(12-10-19)40(37,38)33-13-3-14-33/h5-12,22-23H,1-4,13-16H2,(H,32,35)/t22-,23-,26-/m0/s1. The fraction of sp³-hybridized carbons (Fsp3) is 0.444. The third-order valence-electron chi connectivity index (χ3n) is 7.65. The lowest BCUT2D eigenvalue weighted by Gasteiger charge is -2.33. The number of hydroxylamine groups is 2. The Hall–Kier alpha value is -3.47. The summed E-state index contributed by atoms with van der Waals surface area (Å²) >= 11 is 0. The van der Waals surface area contributed by atoms with Crippen LogP contribution < -0.4 is 5.32 Å². The van der Waals surface area contributed by atoms with Gasteiger partial charge in [0.05, 0.1) is 11.0 Å². The van der Waals surface area contributed by atoms with Gasteiger partial charge in [-0.15, -0.1) is 5.06 Å². The van der Waals surface area contributed by atoms with Gasteiger partial charge in [0.2, 0.25) is 15.9 Å². The lowest BCUT2D eigenvalue weighted by Crippen LogP contribution is -2.53. The predicted octanol–water partition coefficient (Wildman–Crippen LogP) is 3.49. The van der Waals surface area contributed by atoms with E-state index in [0.29, 0.717) is 32.4 Å². The van der Waals surface area contributed by atoms with Crippen LogP contribution in [0, 0.1) is 11.3 Å². The summed E-state index contributed by atoms with van der Waals surface area (Å²) in [6, 6.07) is 15.0. The summed E-state index contributed by atoms with van der Waals surface area (Å²) in [6.45, 7) is 1.04. The number of halogens is 3. The monoisotopic (exact) mass is 576 g/mol. The summed E-state index contributed by atoms with van der Waals surface area (Å²) in [7, 11) is -3.47. The maximum absolute atomic E-state index is 13.0. The first kappa shape index (κ1) is 28.1. The smallest absolute Gasteiger partial charge is 0.360 e. The number of hydrogen-bond acceptors (Lipinski definition) is 7. The second-order valence-corrected chi connectivity index (χ2v) is 12.2. The quantitative estimate of drug-likeness (QED) is 0.536. The third-order valence-corrected chi connectivity index (χ3v) is 9.56. The normalized spacial score (nSPS) is 25.4. The van der Waals surface area contributed by atoms with Crippen molar-refractivity contribution in [3.8, 4) is 17.2 Å². The number of piperidine rings is 1. The van der Waals surface area contributed by atoms with Crippen LogP contribution in [0.1, 0.15) is 43.6 Å². The van der Waals surface area contributed by atoms with E-state index >= 15 is 0 Å². The third kappa shape index (κ3) is 5.43. The topological polar surface area (TPSA) is 120 Å². The van der Waals surface area contributed by atoms with E-state index in [0.717, 1.165) is 28.2 Å². The first-order chi connectivity index (χ1) is 18.9. The van der Waals surface area contributed by atoms with Crippen molar-refractivity contribution in [2.75, 3.05) is 19.6 Å². The van der Waals surface area contributed by atoms with Crippen LogP contribution in [0.15, 0.2) is 53.4 Å². The molecule has 1 N–H and O–H groups in total. The highest BCUT2D eigenvalue weighted by molar-refractivity contribution is 7.89. The van der Waals surface area contributed by atoms with Crippen LogP contribution in [-0.2, 0) is 24.4 Å². The fourth-order valence-corrected chi connectivity index (χ4v) is 6.61. The number of sulfonamides is 1. The Morgan fingerprint density at radius 3 is 2.15 bits per heavy atom. The van der Waals surface area contributed by atoms with Crippen molar-refractivity contribution in [1.82, 2.24) is 14.7 Å². The number of nitrogens with one attached hydrogen (secondary N) is 1. The molecule has 1 amide bonds. The van der Waals surface area contributed by atoms with Crippen molar-refractivity contribution in [3.63, 3.8) is 0 Å². The van der Waals surface area contributed by atoms with Crippen LogP contribution in [0.3, 0.4) is 0 Å². The van der Waals surface area contributed by atoms with E-state index in [1.807, 2.05) is 24.3 Å². The van der Waals surface area contributed by atoms with Gasteiger partial charge in [0.15, 0.2) is 0 Å². The highest BCUT2D eigenvalue weighted by atomic mass is 32.2. The maximum atomic E-state index is 13.0. The summed E-state index contributed by atoms with van der Waals surface area (Å²) < 4.78 is 64.6. The van der Waals surface area contributed by atoms with Crippen molar-refractivity contribution >= 4 is 21.9 Å². The molecule has 0 spiro atoms. The van der Waals surface area contributed by atoms with E-state index in [9.17, 15) is 36.4 Å². The number of benzene rings is 2. The summed E-state index contributed by atoms with van der Waals surface area (Å²) in [5, 5.41) is 13.3. The van der Waals surface area contributed by atoms with Gasteiger partial charge in [-0.05, 0) is 60.9 Å². The molecule has 40 heavy (non-hydrogen) atoms. The SMILES string of the molecule is N#C[C@@]1(NC(=O)[C@@H]2CCCCN2OC(=O)C(F)(F)F)C[C@H]1c1ccc(-c2ccc(S(=O)(=O)N3CCC3)cc2)cc1. The number of nitriles is 1. The predicted molar refractivity (Wildman–Crippen MR) is 136 cm³/mol. The number of alkyl halides is 3. The summed E-state index contributed by atoms with van der Waals surface area (Å²) in [5.41, 5.74) is 1.23. The molecule has 0 radical (unpaired) electrons.